The molecule has 0 radical (unpaired) electrons. The van der Waals surface area contributed by atoms with E-state index in [9.17, 15) is 5.11 Å². The van der Waals surface area contributed by atoms with Crippen molar-refractivity contribution in [2.75, 3.05) is 25.5 Å². The minimum absolute atomic E-state index is 0.153. The fourth-order valence-electron chi connectivity index (χ4n) is 4.29. The first-order chi connectivity index (χ1) is 12.7. The number of aliphatic hydroxyl groups excluding tert-OH is 1. The third kappa shape index (κ3) is 3.67. The van der Waals surface area contributed by atoms with Crippen LogP contribution in [0.5, 0.6) is 0 Å². The van der Waals surface area contributed by atoms with Crippen LogP contribution in [0, 0.1) is 0 Å². The monoisotopic (exact) mass is 360 g/mol. The first-order valence-electron chi connectivity index (χ1n) is 9.62. The SMILES string of the molecule is COCc1cc(NC2CCN(C3CCCCC3O)CC2)n2ncnc2n1. The quantitative estimate of drug-likeness (QED) is 0.834. The van der Waals surface area contributed by atoms with E-state index in [1.165, 1.54) is 12.7 Å². The molecule has 4 rings (SSSR count). The van der Waals surface area contributed by atoms with E-state index >= 15 is 0 Å². The van der Waals surface area contributed by atoms with E-state index in [1.807, 2.05) is 6.07 Å². The second kappa shape index (κ2) is 7.85. The fourth-order valence-corrected chi connectivity index (χ4v) is 4.29. The Balaban J connectivity index is 1.41. The number of aliphatic hydroxyl groups is 1. The van der Waals surface area contributed by atoms with Crippen LogP contribution in [0.25, 0.3) is 5.78 Å². The van der Waals surface area contributed by atoms with E-state index in [0.717, 1.165) is 56.7 Å². The van der Waals surface area contributed by atoms with Crippen LogP contribution in [-0.4, -0.2) is 68.0 Å². The lowest BCUT2D eigenvalue weighted by Gasteiger charge is -2.41. The lowest BCUT2D eigenvalue weighted by atomic mass is 9.89. The highest BCUT2D eigenvalue weighted by Crippen LogP contribution is 2.27. The minimum Gasteiger partial charge on any atom is -0.391 e. The first-order valence-corrected chi connectivity index (χ1v) is 9.62. The second-order valence-corrected chi connectivity index (χ2v) is 7.41. The molecular formula is C18H28N6O2. The largest absolute Gasteiger partial charge is 0.391 e. The van der Waals surface area contributed by atoms with Crippen LogP contribution in [0.3, 0.4) is 0 Å². The van der Waals surface area contributed by atoms with Gasteiger partial charge in [-0.2, -0.15) is 14.6 Å². The zero-order chi connectivity index (χ0) is 17.9. The minimum atomic E-state index is -0.153. The molecule has 8 nitrogen and oxygen atoms in total. The van der Waals surface area contributed by atoms with Gasteiger partial charge in [0.1, 0.15) is 12.1 Å². The van der Waals surface area contributed by atoms with Gasteiger partial charge in [-0.3, -0.25) is 4.90 Å². The van der Waals surface area contributed by atoms with Crippen LogP contribution in [0.1, 0.15) is 44.2 Å². The molecule has 142 valence electrons. The average Bonchev–Trinajstić information content (AvgIpc) is 3.12. The molecule has 1 aliphatic carbocycles. The Bertz CT molecular complexity index is 728. The topological polar surface area (TPSA) is 87.8 Å². The maximum Gasteiger partial charge on any atom is 0.254 e. The summed E-state index contributed by atoms with van der Waals surface area (Å²) in [5.74, 6) is 1.50. The molecule has 3 heterocycles. The Labute approximate surface area is 153 Å². The Kier molecular flexibility index (Phi) is 5.33. The standard InChI is InChI=1S/C18H28N6O2/c1-26-11-14-10-17(24-18(22-14)19-12-20-24)21-13-6-8-23(9-7-13)15-4-2-3-5-16(15)25/h10,12-13,15-16,21,25H,2-9,11H2,1H3. The van der Waals surface area contributed by atoms with Gasteiger partial charge in [-0.05, 0) is 25.7 Å². The summed E-state index contributed by atoms with van der Waals surface area (Å²) >= 11 is 0. The van der Waals surface area contributed by atoms with Crippen LogP contribution in [0.2, 0.25) is 0 Å². The van der Waals surface area contributed by atoms with Crippen molar-refractivity contribution in [1.82, 2.24) is 24.5 Å². The predicted octanol–water partition coefficient (Wildman–Crippen LogP) is 1.45. The van der Waals surface area contributed by atoms with E-state index < -0.39 is 0 Å². The van der Waals surface area contributed by atoms with Crippen LogP contribution in [-0.2, 0) is 11.3 Å². The number of rotatable bonds is 5. The van der Waals surface area contributed by atoms with Gasteiger partial charge in [-0.1, -0.05) is 12.8 Å². The third-order valence-electron chi connectivity index (χ3n) is 5.64. The summed E-state index contributed by atoms with van der Waals surface area (Å²) < 4.78 is 6.96. The van der Waals surface area contributed by atoms with Crippen LogP contribution in [0.4, 0.5) is 5.82 Å². The van der Waals surface area contributed by atoms with Gasteiger partial charge in [-0.25, -0.2) is 4.98 Å². The number of likely N-dealkylation sites (tertiary alicyclic amines) is 1. The number of hydrogen-bond donors (Lipinski definition) is 2. The van der Waals surface area contributed by atoms with Crippen molar-refractivity contribution >= 4 is 11.6 Å². The van der Waals surface area contributed by atoms with E-state index in [0.29, 0.717) is 24.5 Å². The summed E-state index contributed by atoms with van der Waals surface area (Å²) in [4.78, 5) is 11.1. The fraction of sp³-hybridized carbons (Fsp3) is 0.722. The number of ether oxygens (including phenoxy) is 1. The number of piperidine rings is 1. The Morgan fingerprint density at radius 3 is 2.81 bits per heavy atom. The molecule has 8 heteroatoms. The molecule has 0 amide bonds. The maximum absolute atomic E-state index is 10.3. The summed E-state index contributed by atoms with van der Waals surface area (Å²) in [6.45, 7) is 2.50. The van der Waals surface area contributed by atoms with Gasteiger partial charge in [0.15, 0.2) is 0 Å². The number of hydrogen-bond acceptors (Lipinski definition) is 7. The summed E-state index contributed by atoms with van der Waals surface area (Å²) in [5, 5.41) is 18.2. The molecule has 0 aromatic carbocycles. The molecule has 2 aromatic heterocycles. The van der Waals surface area contributed by atoms with Crippen molar-refractivity contribution < 1.29 is 9.84 Å². The van der Waals surface area contributed by atoms with Crippen molar-refractivity contribution in [2.45, 2.75) is 63.3 Å². The summed E-state index contributed by atoms with van der Waals surface area (Å²) in [6.07, 6.45) is 7.97. The highest BCUT2D eigenvalue weighted by atomic mass is 16.5. The summed E-state index contributed by atoms with van der Waals surface area (Å²) in [5.41, 5.74) is 0.846. The zero-order valence-electron chi connectivity index (χ0n) is 15.3. The van der Waals surface area contributed by atoms with Gasteiger partial charge >= 0.3 is 0 Å². The van der Waals surface area contributed by atoms with Crippen molar-refractivity contribution in [3.63, 3.8) is 0 Å². The van der Waals surface area contributed by atoms with Crippen LogP contribution >= 0.6 is 0 Å². The van der Waals surface area contributed by atoms with Gasteiger partial charge in [0.05, 0.1) is 18.4 Å². The van der Waals surface area contributed by atoms with Gasteiger partial charge < -0.3 is 15.2 Å². The van der Waals surface area contributed by atoms with E-state index in [-0.39, 0.29) is 6.10 Å². The van der Waals surface area contributed by atoms with Crippen molar-refractivity contribution in [3.05, 3.63) is 18.1 Å². The molecule has 2 fully saturated rings. The Morgan fingerprint density at radius 2 is 2.04 bits per heavy atom. The summed E-state index contributed by atoms with van der Waals surface area (Å²) in [6, 6.07) is 2.72. The third-order valence-corrected chi connectivity index (χ3v) is 5.64. The lowest BCUT2D eigenvalue weighted by Crippen LogP contribution is -2.50. The predicted molar refractivity (Wildman–Crippen MR) is 98.0 cm³/mol. The molecule has 2 atom stereocenters. The number of methoxy groups -OCH3 is 1. The smallest absolute Gasteiger partial charge is 0.254 e. The van der Waals surface area contributed by atoms with Gasteiger partial charge in [0.2, 0.25) is 0 Å². The average molecular weight is 360 g/mol. The molecule has 26 heavy (non-hydrogen) atoms. The molecule has 2 aromatic rings. The Morgan fingerprint density at radius 1 is 1.23 bits per heavy atom. The van der Waals surface area contributed by atoms with E-state index in [2.05, 4.69) is 25.3 Å². The number of fused-ring (bicyclic) bond motifs is 1. The molecule has 2 unspecified atom stereocenters. The second-order valence-electron chi connectivity index (χ2n) is 7.41. The number of aromatic nitrogens is 4. The van der Waals surface area contributed by atoms with Gasteiger partial charge in [-0.15, -0.1) is 0 Å². The molecule has 0 spiro atoms. The number of anilines is 1. The molecule has 1 saturated carbocycles. The lowest BCUT2D eigenvalue weighted by molar-refractivity contribution is 0.00991. The number of nitrogens with zero attached hydrogens (tertiary/aromatic N) is 5. The highest BCUT2D eigenvalue weighted by Gasteiger charge is 2.31. The van der Waals surface area contributed by atoms with Gasteiger partial charge in [0.25, 0.3) is 5.78 Å². The van der Waals surface area contributed by atoms with Crippen molar-refractivity contribution in [1.29, 1.82) is 0 Å². The molecule has 2 N–H and O–H groups in total. The molecule has 1 saturated heterocycles. The van der Waals surface area contributed by atoms with Crippen LogP contribution in [0.15, 0.2) is 12.4 Å². The zero-order valence-corrected chi connectivity index (χ0v) is 15.3. The van der Waals surface area contributed by atoms with E-state index in [1.54, 1.807) is 11.6 Å². The first kappa shape index (κ1) is 17.6. The van der Waals surface area contributed by atoms with E-state index in [4.69, 9.17) is 4.74 Å². The van der Waals surface area contributed by atoms with Crippen molar-refractivity contribution in [2.24, 2.45) is 0 Å². The van der Waals surface area contributed by atoms with Crippen molar-refractivity contribution in [3.8, 4) is 0 Å². The Hall–Kier alpha value is -1.77. The molecule has 2 aliphatic rings. The molecule has 1 aliphatic heterocycles. The number of nitrogens with one attached hydrogen (secondary N) is 1. The van der Waals surface area contributed by atoms with Crippen LogP contribution < -0.4 is 5.32 Å². The molecular weight excluding hydrogens is 332 g/mol. The summed E-state index contributed by atoms with van der Waals surface area (Å²) in [7, 11) is 1.66. The van der Waals surface area contributed by atoms with Gasteiger partial charge in [0, 0.05) is 38.3 Å². The maximum atomic E-state index is 10.3. The normalized spacial score (nSPS) is 25.6. The highest BCUT2D eigenvalue weighted by molar-refractivity contribution is 5.45. The molecule has 0 bridgehead atoms.